The number of H-pyrrole nitrogens is 1. The fourth-order valence-corrected chi connectivity index (χ4v) is 4.33. The summed E-state index contributed by atoms with van der Waals surface area (Å²) in [5.74, 6) is -0.266. The second-order valence-corrected chi connectivity index (χ2v) is 9.05. The molecule has 0 saturated carbocycles. The van der Waals surface area contributed by atoms with Gasteiger partial charge in [0.25, 0.3) is 0 Å². The number of fused-ring (bicyclic) bond motifs is 1. The predicted molar refractivity (Wildman–Crippen MR) is 105 cm³/mol. The Morgan fingerprint density at radius 2 is 1.86 bits per heavy atom. The maximum Gasteiger partial charge on any atom is 0.221 e. The Kier molecular flexibility index (Phi) is 5.79. The smallest absolute Gasteiger partial charge is 0.221 e. The lowest BCUT2D eigenvalue weighted by molar-refractivity contribution is -0.121. The summed E-state index contributed by atoms with van der Waals surface area (Å²) < 4.78 is 38.2. The van der Waals surface area contributed by atoms with Gasteiger partial charge in [0.05, 0.1) is 27.2 Å². The number of carbonyl (C=O) groups excluding carboxylic acids is 1. The molecule has 0 spiro atoms. The van der Waals surface area contributed by atoms with Gasteiger partial charge >= 0.3 is 0 Å². The van der Waals surface area contributed by atoms with Crippen molar-refractivity contribution in [3.05, 3.63) is 60.2 Å². The molecule has 0 saturated heterocycles. The molecule has 148 valence electrons. The van der Waals surface area contributed by atoms with Crippen molar-refractivity contribution in [2.24, 2.45) is 0 Å². The van der Waals surface area contributed by atoms with E-state index in [1.807, 2.05) is 31.2 Å². The van der Waals surface area contributed by atoms with Crippen LogP contribution in [0.5, 0.6) is 0 Å². The van der Waals surface area contributed by atoms with Crippen LogP contribution in [0, 0.1) is 5.82 Å². The molecular weight excluding hydrogens is 381 g/mol. The minimum absolute atomic E-state index is 0.00137. The number of imidazole rings is 1. The van der Waals surface area contributed by atoms with Crippen LogP contribution < -0.4 is 5.32 Å². The summed E-state index contributed by atoms with van der Waals surface area (Å²) in [7, 11) is -3.73. The van der Waals surface area contributed by atoms with E-state index in [4.69, 9.17) is 0 Å². The molecule has 0 aliphatic heterocycles. The highest BCUT2D eigenvalue weighted by molar-refractivity contribution is 7.92. The highest BCUT2D eigenvalue weighted by atomic mass is 32.2. The molecule has 8 heteroatoms. The number of para-hydroxylation sites is 2. The van der Waals surface area contributed by atoms with Crippen LogP contribution >= 0.6 is 0 Å². The lowest BCUT2D eigenvalue weighted by atomic mass is 10.2. The molecule has 2 unspecified atom stereocenters. The molecule has 1 amide bonds. The molecule has 0 radical (unpaired) electrons. The van der Waals surface area contributed by atoms with Crippen LogP contribution in [-0.4, -0.2) is 29.5 Å². The summed E-state index contributed by atoms with van der Waals surface area (Å²) in [6.45, 7) is 3.39. The van der Waals surface area contributed by atoms with Crippen LogP contribution in [-0.2, 0) is 14.6 Å². The average molecular weight is 403 g/mol. The second kappa shape index (κ2) is 8.10. The standard InChI is InChI=1S/C20H22FN3O3S/c1-3-16(20-23-17-6-4-5-7-18(17)24-20)22-19(25)12-13(2)28(26,27)15-10-8-14(21)9-11-15/h4-11,13,16H,3,12H2,1-2H3,(H,22,25)(H,23,24). The fourth-order valence-electron chi connectivity index (χ4n) is 2.98. The lowest BCUT2D eigenvalue weighted by Gasteiger charge is -2.17. The van der Waals surface area contributed by atoms with E-state index < -0.39 is 20.9 Å². The van der Waals surface area contributed by atoms with Crippen molar-refractivity contribution in [3.8, 4) is 0 Å². The van der Waals surface area contributed by atoms with Crippen LogP contribution in [0.1, 0.15) is 38.6 Å². The Morgan fingerprint density at radius 3 is 2.50 bits per heavy atom. The third-order valence-electron chi connectivity index (χ3n) is 4.63. The number of amides is 1. The summed E-state index contributed by atoms with van der Waals surface area (Å²) in [4.78, 5) is 20.1. The monoisotopic (exact) mass is 403 g/mol. The van der Waals surface area contributed by atoms with Gasteiger partial charge in [-0.2, -0.15) is 0 Å². The summed E-state index contributed by atoms with van der Waals surface area (Å²) >= 11 is 0. The Morgan fingerprint density at radius 1 is 1.18 bits per heavy atom. The minimum atomic E-state index is -3.73. The molecule has 2 atom stereocenters. The zero-order chi connectivity index (χ0) is 20.3. The number of sulfone groups is 1. The van der Waals surface area contributed by atoms with Gasteiger partial charge in [-0.15, -0.1) is 0 Å². The summed E-state index contributed by atoms with van der Waals surface area (Å²) in [6, 6.07) is 11.8. The molecule has 0 aliphatic carbocycles. The van der Waals surface area contributed by atoms with Crippen LogP contribution in [0.4, 0.5) is 4.39 Å². The first kappa shape index (κ1) is 20.0. The number of benzene rings is 2. The number of rotatable bonds is 7. The van der Waals surface area contributed by atoms with Gasteiger partial charge in [0.2, 0.25) is 5.91 Å². The molecule has 3 aromatic rings. The van der Waals surface area contributed by atoms with Gasteiger partial charge in [-0.05, 0) is 49.7 Å². The van der Waals surface area contributed by atoms with Crippen molar-refractivity contribution in [1.29, 1.82) is 0 Å². The number of aromatic amines is 1. The van der Waals surface area contributed by atoms with E-state index in [1.165, 1.54) is 19.1 Å². The van der Waals surface area contributed by atoms with Crippen molar-refractivity contribution in [1.82, 2.24) is 15.3 Å². The summed E-state index contributed by atoms with van der Waals surface area (Å²) in [5.41, 5.74) is 1.68. The third kappa shape index (κ3) is 4.22. The first-order valence-corrected chi connectivity index (χ1v) is 10.6. The Hall–Kier alpha value is -2.74. The van der Waals surface area contributed by atoms with E-state index in [0.29, 0.717) is 12.2 Å². The topological polar surface area (TPSA) is 91.9 Å². The quantitative estimate of drug-likeness (QED) is 0.591. The number of aromatic nitrogens is 2. The van der Waals surface area contributed by atoms with Gasteiger partial charge in [0.1, 0.15) is 11.6 Å². The van der Waals surface area contributed by atoms with E-state index >= 15 is 0 Å². The number of nitrogens with one attached hydrogen (secondary N) is 2. The average Bonchev–Trinajstić information content (AvgIpc) is 3.10. The summed E-state index contributed by atoms with van der Waals surface area (Å²) in [5, 5.41) is 1.91. The Balaban J connectivity index is 1.70. The molecule has 2 N–H and O–H groups in total. The number of hydrogen-bond donors (Lipinski definition) is 2. The van der Waals surface area contributed by atoms with E-state index in [1.54, 1.807) is 0 Å². The normalized spacial score (nSPS) is 14.0. The highest BCUT2D eigenvalue weighted by Crippen LogP contribution is 2.21. The molecule has 1 heterocycles. The second-order valence-electron chi connectivity index (χ2n) is 6.68. The van der Waals surface area contributed by atoms with Gasteiger partial charge in [0.15, 0.2) is 9.84 Å². The van der Waals surface area contributed by atoms with Crippen molar-refractivity contribution in [3.63, 3.8) is 0 Å². The van der Waals surface area contributed by atoms with E-state index in [-0.39, 0.29) is 23.3 Å². The maximum atomic E-state index is 13.0. The molecular formula is C20H22FN3O3S. The number of hydrogen-bond acceptors (Lipinski definition) is 4. The molecule has 2 aromatic carbocycles. The van der Waals surface area contributed by atoms with Gasteiger partial charge < -0.3 is 10.3 Å². The first-order valence-electron chi connectivity index (χ1n) is 9.04. The first-order chi connectivity index (χ1) is 13.3. The Bertz CT molecular complexity index is 1040. The van der Waals surface area contributed by atoms with Crippen molar-refractivity contribution in [2.75, 3.05) is 0 Å². The minimum Gasteiger partial charge on any atom is -0.346 e. The van der Waals surface area contributed by atoms with Gasteiger partial charge in [-0.1, -0.05) is 19.1 Å². The van der Waals surface area contributed by atoms with E-state index in [2.05, 4.69) is 15.3 Å². The molecule has 0 bridgehead atoms. The van der Waals surface area contributed by atoms with Gasteiger partial charge in [0, 0.05) is 6.42 Å². The Labute approximate surface area is 163 Å². The van der Waals surface area contributed by atoms with Crippen LogP contribution in [0.15, 0.2) is 53.4 Å². The van der Waals surface area contributed by atoms with Crippen LogP contribution in [0.2, 0.25) is 0 Å². The van der Waals surface area contributed by atoms with E-state index in [0.717, 1.165) is 23.2 Å². The van der Waals surface area contributed by atoms with Gasteiger partial charge in [-0.3, -0.25) is 4.79 Å². The van der Waals surface area contributed by atoms with Crippen molar-refractivity contribution >= 4 is 26.8 Å². The van der Waals surface area contributed by atoms with E-state index in [9.17, 15) is 17.6 Å². The fraction of sp³-hybridized carbons (Fsp3) is 0.300. The zero-order valence-corrected chi connectivity index (χ0v) is 16.5. The molecule has 3 rings (SSSR count). The number of nitrogens with zero attached hydrogens (tertiary/aromatic N) is 1. The maximum absolute atomic E-state index is 13.0. The molecule has 28 heavy (non-hydrogen) atoms. The highest BCUT2D eigenvalue weighted by Gasteiger charge is 2.27. The zero-order valence-electron chi connectivity index (χ0n) is 15.6. The molecule has 0 fully saturated rings. The third-order valence-corrected chi connectivity index (χ3v) is 6.78. The number of carbonyl (C=O) groups is 1. The van der Waals surface area contributed by atoms with Crippen molar-refractivity contribution in [2.45, 2.75) is 42.9 Å². The van der Waals surface area contributed by atoms with Crippen LogP contribution in [0.25, 0.3) is 11.0 Å². The van der Waals surface area contributed by atoms with Gasteiger partial charge in [-0.25, -0.2) is 17.8 Å². The molecule has 1 aromatic heterocycles. The SMILES string of the molecule is CCC(NC(=O)CC(C)S(=O)(=O)c1ccc(F)cc1)c1nc2ccccc2[nH]1. The molecule has 6 nitrogen and oxygen atoms in total. The largest absolute Gasteiger partial charge is 0.346 e. The predicted octanol–water partition coefficient (Wildman–Crippen LogP) is 3.52. The van der Waals surface area contributed by atoms with Crippen molar-refractivity contribution < 1.29 is 17.6 Å². The lowest BCUT2D eigenvalue weighted by Crippen LogP contribution is -2.33. The number of halogens is 1. The van der Waals surface area contributed by atoms with Crippen LogP contribution in [0.3, 0.4) is 0 Å². The summed E-state index contributed by atoms with van der Waals surface area (Å²) in [6.07, 6.45) is 0.404. The molecule has 0 aliphatic rings.